The van der Waals surface area contributed by atoms with E-state index in [1.165, 1.54) is 0 Å². The van der Waals surface area contributed by atoms with Crippen molar-refractivity contribution >= 4 is 37.5 Å². The Morgan fingerprint density at radius 1 is 0.968 bits per heavy atom. The van der Waals surface area contributed by atoms with Crippen LogP contribution in [-0.2, 0) is 14.8 Å². The van der Waals surface area contributed by atoms with E-state index in [4.69, 9.17) is 0 Å². The van der Waals surface area contributed by atoms with Crippen molar-refractivity contribution in [3.8, 4) is 0 Å². The van der Waals surface area contributed by atoms with Crippen molar-refractivity contribution in [3.05, 3.63) is 94.5 Å². The van der Waals surface area contributed by atoms with Gasteiger partial charge in [-0.3, -0.25) is 9.10 Å². The molecule has 0 saturated carbocycles. The molecule has 0 saturated heterocycles. The number of nitrogens with one attached hydrogen (secondary N) is 1. The Balaban J connectivity index is 1.80. The molecule has 31 heavy (non-hydrogen) atoms. The van der Waals surface area contributed by atoms with Crippen LogP contribution in [0.25, 0.3) is 0 Å². The lowest BCUT2D eigenvalue weighted by Gasteiger charge is -2.24. The molecule has 0 aliphatic rings. The molecule has 0 fully saturated rings. The number of carbonyl (C=O) groups excluding carboxylic acids is 1. The van der Waals surface area contributed by atoms with Crippen LogP contribution >= 0.6 is 15.9 Å². The Morgan fingerprint density at radius 3 is 2.19 bits per heavy atom. The van der Waals surface area contributed by atoms with Gasteiger partial charge in [-0.25, -0.2) is 8.42 Å². The van der Waals surface area contributed by atoms with Crippen LogP contribution in [0, 0.1) is 6.92 Å². The highest BCUT2D eigenvalue weighted by atomic mass is 79.9. The minimum atomic E-state index is -3.91. The second-order valence-corrected chi connectivity index (χ2v) is 10.2. The summed E-state index contributed by atoms with van der Waals surface area (Å²) in [6, 6.07) is 23.3. The van der Waals surface area contributed by atoms with E-state index in [2.05, 4.69) is 21.2 Å². The first-order valence-electron chi connectivity index (χ1n) is 9.94. The van der Waals surface area contributed by atoms with Gasteiger partial charge in [0.05, 0.1) is 10.6 Å². The highest BCUT2D eigenvalue weighted by Crippen LogP contribution is 2.25. The number of aryl methyl sites for hydroxylation is 1. The van der Waals surface area contributed by atoms with Crippen molar-refractivity contribution < 1.29 is 13.2 Å². The molecule has 0 aromatic heterocycles. The second-order valence-electron chi connectivity index (χ2n) is 7.42. The number of anilines is 1. The molecule has 162 valence electrons. The van der Waals surface area contributed by atoms with Gasteiger partial charge >= 0.3 is 0 Å². The Bertz CT molecular complexity index is 1120. The highest BCUT2D eigenvalue weighted by Gasteiger charge is 2.27. The van der Waals surface area contributed by atoms with Crippen molar-refractivity contribution in [1.29, 1.82) is 0 Å². The van der Waals surface area contributed by atoms with Crippen LogP contribution in [0.2, 0.25) is 0 Å². The fourth-order valence-corrected chi connectivity index (χ4v) is 4.80. The van der Waals surface area contributed by atoms with E-state index >= 15 is 0 Å². The summed E-state index contributed by atoms with van der Waals surface area (Å²) < 4.78 is 28.7. The summed E-state index contributed by atoms with van der Waals surface area (Å²) in [6.45, 7) is 4.02. The fourth-order valence-electron chi connectivity index (χ4n) is 3.11. The summed E-state index contributed by atoms with van der Waals surface area (Å²) >= 11 is 3.36. The maximum Gasteiger partial charge on any atom is 0.264 e. The molecule has 0 radical (unpaired) electrons. The lowest BCUT2D eigenvalue weighted by atomic mass is 10.0. The zero-order valence-electron chi connectivity index (χ0n) is 17.5. The second kappa shape index (κ2) is 10.1. The van der Waals surface area contributed by atoms with Crippen LogP contribution in [0.3, 0.4) is 0 Å². The van der Waals surface area contributed by atoms with Gasteiger partial charge in [0.1, 0.15) is 6.54 Å². The zero-order chi connectivity index (χ0) is 22.4. The standard InChI is InChI=1S/C24H25BrN2O3S/c1-18-8-14-23(15-9-18)31(29,30)27(22-12-10-21(25)11-13-22)17-24(28)26-16-19(2)20-6-4-3-5-7-20/h3-15,19H,16-17H2,1-2H3,(H,26,28)/t19-/m1/s1. The first-order chi connectivity index (χ1) is 14.8. The minimum absolute atomic E-state index is 0.111. The van der Waals surface area contributed by atoms with Gasteiger partial charge in [0.25, 0.3) is 10.0 Å². The summed E-state index contributed by atoms with van der Waals surface area (Å²) in [5.74, 6) is -0.249. The third kappa shape index (κ3) is 5.95. The molecule has 7 heteroatoms. The number of hydrogen-bond donors (Lipinski definition) is 1. The average molecular weight is 501 g/mol. The summed E-state index contributed by atoms with van der Waals surface area (Å²) in [5.41, 5.74) is 2.50. The van der Waals surface area contributed by atoms with Gasteiger partial charge in [0, 0.05) is 11.0 Å². The number of amides is 1. The molecule has 0 aliphatic carbocycles. The SMILES string of the molecule is Cc1ccc(S(=O)(=O)N(CC(=O)NC[C@@H](C)c2ccccc2)c2ccc(Br)cc2)cc1. The smallest absolute Gasteiger partial charge is 0.264 e. The van der Waals surface area contributed by atoms with Gasteiger partial charge in [0.2, 0.25) is 5.91 Å². The largest absolute Gasteiger partial charge is 0.354 e. The molecule has 0 spiro atoms. The summed E-state index contributed by atoms with van der Waals surface area (Å²) in [6.07, 6.45) is 0. The number of halogens is 1. The van der Waals surface area contributed by atoms with Gasteiger partial charge in [-0.1, -0.05) is 70.9 Å². The van der Waals surface area contributed by atoms with Gasteiger partial charge < -0.3 is 5.32 Å². The maximum atomic E-state index is 13.4. The van der Waals surface area contributed by atoms with Crippen molar-refractivity contribution in [2.45, 2.75) is 24.7 Å². The molecular formula is C24H25BrN2O3S. The highest BCUT2D eigenvalue weighted by molar-refractivity contribution is 9.10. The van der Waals surface area contributed by atoms with Crippen LogP contribution in [0.1, 0.15) is 24.0 Å². The molecule has 5 nitrogen and oxygen atoms in total. The Kier molecular flexibility index (Phi) is 7.51. The van der Waals surface area contributed by atoms with Crippen LogP contribution in [0.15, 0.2) is 88.2 Å². The number of rotatable bonds is 8. The van der Waals surface area contributed by atoms with E-state index < -0.39 is 10.0 Å². The first kappa shape index (κ1) is 23.0. The Hall–Kier alpha value is -2.64. The van der Waals surface area contributed by atoms with E-state index in [0.717, 1.165) is 19.9 Å². The van der Waals surface area contributed by atoms with Crippen molar-refractivity contribution in [2.24, 2.45) is 0 Å². The van der Waals surface area contributed by atoms with Gasteiger partial charge in [-0.15, -0.1) is 0 Å². The molecule has 1 N–H and O–H groups in total. The fraction of sp³-hybridized carbons (Fsp3) is 0.208. The lowest BCUT2D eigenvalue weighted by molar-refractivity contribution is -0.119. The molecular weight excluding hydrogens is 476 g/mol. The third-order valence-corrected chi connectivity index (χ3v) is 7.30. The third-order valence-electron chi connectivity index (χ3n) is 4.98. The van der Waals surface area contributed by atoms with E-state index in [-0.39, 0.29) is 23.3 Å². The monoisotopic (exact) mass is 500 g/mol. The summed E-state index contributed by atoms with van der Waals surface area (Å²) in [7, 11) is -3.91. The molecule has 0 aliphatic heterocycles. The van der Waals surface area contributed by atoms with E-state index in [0.29, 0.717) is 12.2 Å². The minimum Gasteiger partial charge on any atom is -0.354 e. The number of benzene rings is 3. The summed E-state index contributed by atoms with van der Waals surface area (Å²) in [5, 5.41) is 2.87. The van der Waals surface area contributed by atoms with E-state index in [9.17, 15) is 13.2 Å². The zero-order valence-corrected chi connectivity index (χ0v) is 19.9. The number of hydrogen-bond acceptors (Lipinski definition) is 3. The molecule has 3 aromatic rings. The van der Waals surface area contributed by atoms with Gasteiger partial charge in [-0.2, -0.15) is 0 Å². The molecule has 0 bridgehead atoms. The van der Waals surface area contributed by atoms with Crippen molar-refractivity contribution in [2.75, 3.05) is 17.4 Å². The number of carbonyl (C=O) groups is 1. The topological polar surface area (TPSA) is 66.5 Å². The Morgan fingerprint density at radius 2 is 1.58 bits per heavy atom. The van der Waals surface area contributed by atoms with Crippen molar-refractivity contribution in [1.82, 2.24) is 5.32 Å². The molecule has 3 aromatic carbocycles. The molecule has 0 unspecified atom stereocenters. The van der Waals surface area contributed by atoms with Crippen LogP contribution in [-0.4, -0.2) is 27.4 Å². The maximum absolute atomic E-state index is 13.4. The lowest BCUT2D eigenvalue weighted by Crippen LogP contribution is -2.41. The number of sulfonamides is 1. The average Bonchev–Trinajstić information content (AvgIpc) is 2.77. The molecule has 0 heterocycles. The van der Waals surface area contributed by atoms with E-state index in [1.807, 2.05) is 44.2 Å². The molecule has 1 atom stereocenters. The van der Waals surface area contributed by atoms with Crippen molar-refractivity contribution in [3.63, 3.8) is 0 Å². The van der Waals surface area contributed by atoms with Gasteiger partial charge in [0.15, 0.2) is 0 Å². The molecule has 1 amide bonds. The Labute approximate surface area is 192 Å². The van der Waals surface area contributed by atoms with Crippen LogP contribution < -0.4 is 9.62 Å². The van der Waals surface area contributed by atoms with Gasteiger partial charge in [-0.05, 0) is 54.8 Å². The predicted molar refractivity (Wildman–Crippen MR) is 128 cm³/mol. The van der Waals surface area contributed by atoms with E-state index in [1.54, 1.807) is 48.5 Å². The van der Waals surface area contributed by atoms with Crippen LogP contribution in [0.4, 0.5) is 5.69 Å². The first-order valence-corrected chi connectivity index (χ1v) is 12.2. The molecule has 3 rings (SSSR count). The van der Waals surface area contributed by atoms with Crippen LogP contribution in [0.5, 0.6) is 0 Å². The predicted octanol–water partition coefficient (Wildman–Crippen LogP) is 4.87. The number of nitrogens with zero attached hydrogens (tertiary/aromatic N) is 1. The summed E-state index contributed by atoms with van der Waals surface area (Å²) in [4.78, 5) is 12.9. The quantitative estimate of drug-likeness (QED) is 0.479. The normalized spacial score (nSPS) is 12.2.